The van der Waals surface area contributed by atoms with E-state index >= 15 is 0 Å². The average Bonchev–Trinajstić information content (AvgIpc) is 3.24. The highest BCUT2D eigenvalue weighted by atomic mass is 31.3. The molecule has 272 valence electrons. The van der Waals surface area contributed by atoms with Gasteiger partial charge in [-0.15, -0.1) is 0 Å². The van der Waals surface area contributed by atoms with Gasteiger partial charge in [-0.2, -0.15) is 8.62 Å². The number of hydrogen-bond acceptors (Lipinski definition) is 10. The lowest BCUT2D eigenvalue weighted by Crippen LogP contribution is -2.44. The largest absolute Gasteiger partial charge is 0.490 e. The van der Waals surface area contributed by atoms with E-state index in [9.17, 15) is 38.2 Å². The normalized spacial score (nSPS) is 23.5. The summed E-state index contributed by atoms with van der Waals surface area (Å²) in [4.78, 5) is 63.2. The van der Waals surface area contributed by atoms with Gasteiger partial charge in [0.15, 0.2) is 5.72 Å². The molecule has 0 aromatic carbocycles. The van der Waals surface area contributed by atoms with Crippen LogP contribution < -0.4 is 11.2 Å². The monoisotopic (exact) mass is 740 g/mol. The minimum atomic E-state index is -5.75. The zero-order valence-corrected chi connectivity index (χ0v) is 30.4. The lowest BCUT2D eigenvalue weighted by molar-refractivity contribution is -0.116. The second kappa shape index (κ2) is 18.3. The van der Waals surface area contributed by atoms with Gasteiger partial charge in [0.25, 0.3) is 5.56 Å². The number of aliphatic hydroxyl groups is 1. The maximum Gasteiger partial charge on any atom is 0.490 e. The number of allylic oxidation sites excluding steroid dienone is 7. The second-order valence-electron chi connectivity index (χ2n) is 12.0. The highest BCUT2D eigenvalue weighted by molar-refractivity contribution is 7.66. The Morgan fingerprint density at radius 2 is 1.44 bits per heavy atom. The van der Waals surface area contributed by atoms with Crippen LogP contribution in [0, 0.1) is 0 Å². The number of aromatic nitrogens is 2. The van der Waals surface area contributed by atoms with E-state index in [0.717, 1.165) is 48.3 Å². The zero-order chi connectivity index (χ0) is 36.3. The molecule has 19 heteroatoms. The van der Waals surface area contributed by atoms with Gasteiger partial charge in [0.1, 0.15) is 6.10 Å². The number of hydrogen-bond donors (Lipinski definition) is 6. The lowest BCUT2D eigenvalue weighted by Gasteiger charge is -2.30. The summed E-state index contributed by atoms with van der Waals surface area (Å²) in [6.45, 7) is 9.39. The highest BCUT2D eigenvalue weighted by Gasteiger charge is 2.49. The van der Waals surface area contributed by atoms with E-state index in [-0.39, 0.29) is 12.8 Å². The standard InChI is InChI=1S/C29H47N2O14P3/c1-21(2)9-6-10-22(3)11-7-12-23(4)13-8-14-24(5)15-17-29(31-18-16-27(33)30-28(31)34)19-25(32)26(43-29)20-42-47(38,39)45-48(40,41)44-46(35,36)37/h9,11,13,15-16,18,25-26,32H,6-8,10,12,14,17,19-20H2,1-5H3,(H,38,39)(H,40,41)(H,30,33,34)(H2,35,36,37)/b22-11+,23-13?,24-15+/t25-,26+,29+/m0/s1. The Kier molecular flexibility index (Phi) is 16.0. The number of aliphatic hydroxyl groups excluding tert-OH is 1. The third kappa shape index (κ3) is 15.2. The number of phosphoric ester groups is 1. The summed E-state index contributed by atoms with van der Waals surface area (Å²) in [5.74, 6) is 0. The molecule has 1 aromatic rings. The Balaban J connectivity index is 2.10. The summed E-state index contributed by atoms with van der Waals surface area (Å²) in [6, 6.07) is 1.09. The van der Waals surface area contributed by atoms with Gasteiger partial charge in [0.05, 0.1) is 12.7 Å². The van der Waals surface area contributed by atoms with Gasteiger partial charge in [0, 0.05) is 25.1 Å². The molecule has 0 amide bonds. The molecule has 1 aromatic heterocycles. The Hall–Kier alpha value is -2.03. The van der Waals surface area contributed by atoms with Crippen molar-refractivity contribution >= 4 is 23.5 Å². The second-order valence-corrected chi connectivity index (χ2v) is 16.4. The van der Waals surface area contributed by atoms with Crippen LogP contribution in [-0.4, -0.2) is 53.0 Å². The molecule has 0 saturated carbocycles. The first-order chi connectivity index (χ1) is 22.1. The number of nitrogens with one attached hydrogen (secondary N) is 1. The summed E-state index contributed by atoms with van der Waals surface area (Å²) < 4.78 is 53.8. The molecule has 0 spiro atoms. The Labute approximate surface area is 279 Å². The molecule has 16 nitrogen and oxygen atoms in total. The summed E-state index contributed by atoms with van der Waals surface area (Å²) in [7, 11) is -16.8. The fourth-order valence-electron chi connectivity index (χ4n) is 4.93. The molecular formula is C29H47N2O14P3. The van der Waals surface area contributed by atoms with Gasteiger partial charge in [-0.3, -0.25) is 18.9 Å². The topological polar surface area (TPSA) is 244 Å². The van der Waals surface area contributed by atoms with Gasteiger partial charge >= 0.3 is 29.2 Å². The van der Waals surface area contributed by atoms with Gasteiger partial charge in [-0.05, 0) is 73.1 Å². The van der Waals surface area contributed by atoms with E-state index in [0.29, 0.717) is 6.42 Å². The van der Waals surface area contributed by atoms with Crippen LogP contribution in [0.25, 0.3) is 0 Å². The number of rotatable bonds is 19. The summed E-state index contributed by atoms with van der Waals surface area (Å²) >= 11 is 0. The van der Waals surface area contributed by atoms with Crippen LogP contribution in [0.5, 0.6) is 0 Å². The summed E-state index contributed by atoms with van der Waals surface area (Å²) in [5.41, 5.74) is 1.80. The molecule has 2 heterocycles. The van der Waals surface area contributed by atoms with Crippen LogP contribution in [0.15, 0.2) is 68.4 Å². The van der Waals surface area contributed by atoms with Crippen LogP contribution in [0.3, 0.4) is 0 Å². The van der Waals surface area contributed by atoms with Crippen LogP contribution in [0.4, 0.5) is 0 Å². The lowest BCUT2D eigenvalue weighted by atomic mass is 9.99. The van der Waals surface area contributed by atoms with Crippen molar-refractivity contribution in [1.29, 1.82) is 0 Å². The Morgan fingerprint density at radius 1 is 0.896 bits per heavy atom. The molecule has 1 saturated heterocycles. The molecule has 1 fully saturated rings. The van der Waals surface area contributed by atoms with Crippen LogP contribution in [0.1, 0.15) is 86.0 Å². The number of nitrogens with zero attached hydrogens (tertiary/aromatic N) is 1. The summed E-state index contributed by atoms with van der Waals surface area (Å²) in [6.07, 6.45) is 12.1. The Bertz CT molecular complexity index is 1640. The average molecular weight is 741 g/mol. The number of H-pyrrole nitrogens is 1. The maximum absolute atomic E-state index is 12.8. The van der Waals surface area contributed by atoms with E-state index in [2.05, 4.69) is 64.1 Å². The molecule has 0 bridgehead atoms. The summed E-state index contributed by atoms with van der Waals surface area (Å²) in [5, 5.41) is 10.8. The SMILES string of the molecule is CC(C)=CCC/C(C)=C/CCC(C)=CCC/C(C)=C/C[C@]1(n2ccc(=O)[nH]c2=O)C[C@H](O)[C@@H](COP(=O)(O)OP(=O)(O)OP(=O)(O)O)O1. The smallest absolute Gasteiger partial charge is 0.390 e. The Morgan fingerprint density at radius 3 is 1.96 bits per heavy atom. The minimum absolute atomic E-state index is 0.0348. The van der Waals surface area contributed by atoms with Crippen LogP contribution in [-0.2, 0) is 37.3 Å². The molecule has 2 rings (SSSR count). The van der Waals surface area contributed by atoms with E-state index in [1.165, 1.54) is 22.9 Å². The van der Waals surface area contributed by atoms with Gasteiger partial charge < -0.3 is 29.4 Å². The van der Waals surface area contributed by atoms with E-state index < -0.39 is 59.3 Å². The third-order valence-corrected chi connectivity index (χ3v) is 11.1. The van der Waals surface area contributed by atoms with Crippen molar-refractivity contribution in [1.82, 2.24) is 9.55 Å². The third-order valence-electron chi connectivity index (χ3n) is 7.33. The van der Waals surface area contributed by atoms with Crippen molar-refractivity contribution in [2.75, 3.05) is 6.61 Å². The molecule has 0 radical (unpaired) electrons. The van der Waals surface area contributed by atoms with Crippen molar-refractivity contribution in [3.63, 3.8) is 0 Å². The molecular weight excluding hydrogens is 693 g/mol. The molecule has 2 unspecified atom stereocenters. The van der Waals surface area contributed by atoms with Crippen LogP contribution in [0.2, 0.25) is 0 Å². The quantitative estimate of drug-likeness (QED) is 0.0787. The van der Waals surface area contributed by atoms with Crippen LogP contribution >= 0.6 is 23.5 Å². The minimum Gasteiger partial charge on any atom is -0.390 e. The maximum atomic E-state index is 12.8. The van der Waals surface area contributed by atoms with Crippen molar-refractivity contribution in [3.05, 3.63) is 79.7 Å². The molecule has 6 N–H and O–H groups in total. The predicted molar refractivity (Wildman–Crippen MR) is 178 cm³/mol. The van der Waals surface area contributed by atoms with E-state index in [1.54, 1.807) is 0 Å². The molecule has 1 aliphatic heterocycles. The van der Waals surface area contributed by atoms with Crippen molar-refractivity contribution < 1.29 is 56.3 Å². The number of ether oxygens (including phenoxy) is 1. The first-order valence-corrected chi connectivity index (χ1v) is 19.7. The van der Waals surface area contributed by atoms with Crippen molar-refractivity contribution in [2.45, 2.75) is 104 Å². The molecule has 0 aliphatic carbocycles. The van der Waals surface area contributed by atoms with Gasteiger partial charge in [-0.25, -0.2) is 18.5 Å². The van der Waals surface area contributed by atoms with Gasteiger partial charge in [0.2, 0.25) is 0 Å². The van der Waals surface area contributed by atoms with Gasteiger partial charge in [-0.1, -0.05) is 46.6 Å². The fraction of sp³-hybridized carbons (Fsp3) is 0.586. The predicted octanol–water partition coefficient (Wildman–Crippen LogP) is 5.22. The van der Waals surface area contributed by atoms with E-state index in [4.69, 9.17) is 14.5 Å². The molecule has 1 aliphatic rings. The van der Waals surface area contributed by atoms with Crippen molar-refractivity contribution in [2.24, 2.45) is 0 Å². The first kappa shape index (κ1) is 42.1. The highest BCUT2D eigenvalue weighted by Crippen LogP contribution is 2.66. The fourth-order valence-corrected chi connectivity index (χ4v) is 7.96. The molecule has 5 atom stereocenters. The molecule has 48 heavy (non-hydrogen) atoms. The zero-order valence-electron chi connectivity index (χ0n) is 27.7. The number of aromatic amines is 1. The van der Waals surface area contributed by atoms with Crippen molar-refractivity contribution in [3.8, 4) is 0 Å². The first-order valence-electron chi connectivity index (χ1n) is 15.2. The number of phosphoric acid groups is 3. The van der Waals surface area contributed by atoms with E-state index in [1.807, 2.05) is 13.0 Å².